The number of ether oxygens (including phenoxy) is 2. The van der Waals surface area contributed by atoms with Crippen molar-refractivity contribution in [2.45, 2.75) is 49.3 Å². The van der Waals surface area contributed by atoms with Crippen LogP contribution >= 0.6 is 11.8 Å². The molecule has 1 aliphatic heterocycles. The number of benzene rings is 2. The van der Waals surface area contributed by atoms with E-state index in [1.54, 1.807) is 21.0 Å². The Balaban J connectivity index is 1.61. The summed E-state index contributed by atoms with van der Waals surface area (Å²) in [7, 11) is 1.99. The monoisotopic (exact) mass is 626 g/mol. The van der Waals surface area contributed by atoms with E-state index in [1.807, 2.05) is 6.07 Å². The Morgan fingerprint density at radius 2 is 1.93 bits per heavy atom. The number of alkyl carbamates (subject to hydrolysis) is 1. The molecule has 1 fully saturated rings. The van der Waals surface area contributed by atoms with Crippen LogP contribution in [-0.4, -0.2) is 62.4 Å². The van der Waals surface area contributed by atoms with Gasteiger partial charge in [-0.05, 0) is 67.1 Å². The second-order valence-corrected chi connectivity index (χ2v) is 19.2. The number of fused-ring (bicyclic) bond motifs is 1. The Bertz CT molecular complexity index is 1500. The number of halogens is 2. The molecule has 228 valence electrons. The largest absolute Gasteiger partial charge is 0.416 e. The normalized spacial score (nSPS) is 23.0. The quantitative estimate of drug-likeness (QED) is 0.150. The van der Waals surface area contributed by atoms with Crippen molar-refractivity contribution in [3.63, 3.8) is 0 Å². The van der Waals surface area contributed by atoms with E-state index in [4.69, 9.17) is 14.7 Å². The molecule has 0 unspecified atom stereocenters. The molecule has 3 atom stereocenters. The van der Waals surface area contributed by atoms with Crippen LogP contribution in [0.2, 0.25) is 25.7 Å². The Labute approximate surface area is 256 Å². The van der Waals surface area contributed by atoms with Gasteiger partial charge in [0.25, 0.3) is 5.23 Å². The molecule has 0 saturated heterocycles. The molecule has 1 aliphatic carbocycles. The highest BCUT2D eigenvalue weighted by molar-refractivity contribution is 8.15. The van der Waals surface area contributed by atoms with Gasteiger partial charge in [-0.25, -0.2) is 18.6 Å². The van der Waals surface area contributed by atoms with Crippen LogP contribution in [0, 0.1) is 23.1 Å². The van der Waals surface area contributed by atoms with Crippen molar-refractivity contribution in [2.24, 2.45) is 10.9 Å². The van der Waals surface area contributed by atoms with Gasteiger partial charge in [-0.3, -0.25) is 10.1 Å². The lowest BCUT2D eigenvalue weighted by molar-refractivity contribution is -0.129. The first-order valence-corrected chi connectivity index (χ1v) is 18.4. The number of hydrogen-bond donors (Lipinski definition) is 1. The fourth-order valence-electron chi connectivity index (χ4n) is 5.04. The summed E-state index contributed by atoms with van der Waals surface area (Å²) in [4.78, 5) is 32.1. The van der Waals surface area contributed by atoms with Gasteiger partial charge in [0.1, 0.15) is 23.1 Å². The van der Waals surface area contributed by atoms with E-state index < -0.39 is 42.0 Å². The summed E-state index contributed by atoms with van der Waals surface area (Å²) in [6, 6.07) is 13.1. The number of rotatable bonds is 9. The van der Waals surface area contributed by atoms with Crippen molar-refractivity contribution in [1.29, 1.82) is 5.26 Å². The van der Waals surface area contributed by atoms with Crippen molar-refractivity contribution in [1.82, 2.24) is 10.2 Å². The molecule has 1 heterocycles. The molecule has 12 heteroatoms. The molecule has 2 aromatic carbocycles. The molecule has 1 N–H and O–H groups in total. The van der Waals surface area contributed by atoms with Crippen molar-refractivity contribution in [2.75, 3.05) is 27.4 Å². The highest BCUT2D eigenvalue weighted by atomic mass is 32.2. The van der Waals surface area contributed by atoms with Gasteiger partial charge in [-0.15, -0.1) is 0 Å². The third-order valence-corrected chi connectivity index (χ3v) is 10.6. The summed E-state index contributed by atoms with van der Waals surface area (Å²) in [5.74, 6) is -1.72. The third-order valence-electron chi connectivity index (χ3n) is 7.56. The van der Waals surface area contributed by atoms with Crippen LogP contribution in [0.3, 0.4) is 0 Å². The fourth-order valence-corrected chi connectivity index (χ4v) is 7.35. The van der Waals surface area contributed by atoms with Gasteiger partial charge < -0.3 is 14.4 Å². The number of thioether (sulfide) groups is 1. The zero-order chi connectivity index (χ0) is 31.6. The zero-order valence-electron chi connectivity index (χ0n) is 25.2. The summed E-state index contributed by atoms with van der Waals surface area (Å²) in [6.45, 7) is 8.85. The van der Waals surface area contributed by atoms with Gasteiger partial charge in [0.05, 0.1) is 17.2 Å². The Hall–Kier alpha value is -3.53. The third kappa shape index (κ3) is 7.34. The van der Waals surface area contributed by atoms with Gasteiger partial charge in [0.2, 0.25) is 5.91 Å². The maximum atomic E-state index is 15.5. The standard InChI is InChI=1S/C31H36F2N4O4SSi/c1-30(23-15-21(9-12-24(23)32)16-25(33)22-10-7-20(18-34)8-11-22)26-17-31(26,27(38)37(2)3)42-29(36-30)41-28(39)35-19-40-13-14-43(4,5)6/h7-12,15-16,26H,13-14,17,19H2,1-6H3,(H,35,39)/b25-16-/t26-,30+,31-/m0/s1. The Kier molecular flexibility index (Phi) is 9.49. The van der Waals surface area contributed by atoms with Crippen molar-refractivity contribution < 1.29 is 27.8 Å². The van der Waals surface area contributed by atoms with Crippen LogP contribution in [0.25, 0.3) is 11.9 Å². The minimum absolute atomic E-state index is 0.0449. The molecule has 0 radical (unpaired) electrons. The highest BCUT2D eigenvalue weighted by Gasteiger charge is 2.71. The predicted octanol–water partition coefficient (Wildman–Crippen LogP) is 6.37. The second kappa shape index (κ2) is 12.6. The van der Waals surface area contributed by atoms with E-state index in [1.165, 1.54) is 53.4 Å². The first-order chi connectivity index (χ1) is 20.2. The minimum atomic E-state index is -1.28. The Morgan fingerprint density at radius 3 is 2.56 bits per heavy atom. The molecular formula is C31H36F2N4O4SSi. The first-order valence-electron chi connectivity index (χ1n) is 13.9. The van der Waals surface area contributed by atoms with Crippen LogP contribution in [0.1, 0.15) is 35.6 Å². The summed E-state index contributed by atoms with van der Waals surface area (Å²) >= 11 is 1.06. The lowest BCUT2D eigenvalue weighted by Gasteiger charge is -2.34. The molecular weight excluding hydrogens is 591 g/mol. The molecule has 1 saturated carbocycles. The van der Waals surface area contributed by atoms with Crippen LogP contribution in [0.15, 0.2) is 47.5 Å². The number of hydrogen-bond acceptors (Lipinski definition) is 7. The maximum Gasteiger partial charge on any atom is 0.416 e. The maximum absolute atomic E-state index is 15.5. The average molecular weight is 627 g/mol. The summed E-state index contributed by atoms with van der Waals surface area (Å²) in [6.07, 6.45) is 0.865. The average Bonchev–Trinajstić information content (AvgIpc) is 3.69. The molecule has 2 aliphatic rings. The number of nitrogens with one attached hydrogen (secondary N) is 1. The van der Waals surface area contributed by atoms with Crippen molar-refractivity contribution >= 4 is 49.0 Å². The van der Waals surface area contributed by atoms with Gasteiger partial charge >= 0.3 is 6.09 Å². The second-order valence-electron chi connectivity index (χ2n) is 12.3. The van der Waals surface area contributed by atoms with Crippen molar-refractivity contribution in [3.05, 3.63) is 70.5 Å². The molecule has 43 heavy (non-hydrogen) atoms. The van der Waals surface area contributed by atoms with Crippen LogP contribution in [0.5, 0.6) is 0 Å². The molecule has 0 aromatic heterocycles. The summed E-state index contributed by atoms with van der Waals surface area (Å²) in [5, 5.41) is 11.5. The molecule has 2 amide bonds. The van der Waals surface area contributed by atoms with Gasteiger partial charge in [0.15, 0.2) is 0 Å². The Morgan fingerprint density at radius 1 is 1.23 bits per heavy atom. The fraction of sp³-hybridized carbons (Fsp3) is 0.419. The smallest absolute Gasteiger partial charge is 0.385 e. The van der Waals surface area contributed by atoms with Crippen LogP contribution in [-0.2, 0) is 19.8 Å². The summed E-state index contributed by atoms with van der Waals surface area (Å²) in [5.41, 5.74) is -0.0631. The zero-order valence-corrected chi connectivity index (χ0v) is 27.0. The number of aliphatic imine (C=N–C) groups is 1. The number of nitrogens with zero attached hydrogens (tertiary/aromatic N) is 3. The minimum Gasteiger partial charge on any atom is -0.385 e. The van der Waals surface area contributed by atoms with E-state index >= 15 is 8.78 Å². The number of carbonyl (C=O) groups excluding carboxylic acids is 2. The van der Waals surface area contributed by atoms with Gasteiger partial charge in [-0.1, -0.05) is 37.8 Å². The molecule has 8 nitrogen and oxygen atoms in total. The van der Waals surface area contributed by atoms with Crippen LogP contribution < -0.4 is 5.32 Å². The topological polar surface area (TPSA) is 104 Å². The molecule has 0 spiro atoms. The lowest BCUT2D eigenvalue weighted by Crippen LogP contribution is -2.43. The lowest BCUT2D eigenvalue weighted by atomic mass is 9.84. The number of nitriles is 1. The molecule has 0 bridgehead atoms. The van der Waals surface area contributed by atoms with E-state index in [0.29, 0.717) is 24.2 Å². The SMILES string of the molecule is CN(C)C(=O)[C@]12C[C@H]1[C@@](C)(c1cc(/C=C(\F)c3ccc(C#N)cc3)ccc1F)N=C(OC(=O)NCOCC[Si](C)(C)C)S2. The predicted molar refractivity (Wildman–Crippen MR) is 167 cm³/mol. The van der Waals surface area contributed by atoms with Crippen LogP contribution in [0.4, 0.5) is 13.6 Å². The van der Waals surface area contributed by atoms with E-state index in [2.05, 4.69) is 30.0 Å². The van der Waals surface area contributed by atoms with E-state index in [9.17, 15) is 9.59 Å². The first kappa shape index (κ1) is 32.4. The summed E-state index contributed by atoms with van der Waals surface area (Å²) < 4.78 is 40.6. The molecule has 2 aromatic rings. The van der Waals surface area contributed by atoms with Gasteiger partial charge in [-0.2, -0.15) is 5.26 Å². The van der Waals surface area contributed by atoms with E-state index in [0.717, 1.165) is 17.8 Å². The molecule has 4 rings (SSSR count). The number of amides is 2. The van der Waals surface area contributed by atoms with E-state index in [-0.39, 0.29) is 29.0 Å². The van der Waals surface area contributed by atoms with Gasteiger partial charge in [0, 0.05) is 45.8 Å². The number of carbonyl (C=O) groups is 2. The highest BCUT2D eigenvalue weighted by Crippen LogP contribution is 2.67. The van der Waals surface area contributed by atoms with Crippen molar-refractivity contribution in [3.8, 4) is 6.07 Å².